The van der Waals surface area contributed by atoms with Crippen molar-refractivity contribution < 1.29 is 0 Å². The van der Waals surface area contributed by atoms with E-state index in [9.17, 15) is 0 Å². The molecule has 0 saturated heterocycles. The van der Waals surface area contributed by atoms with Crippen LogP contribution in [0.15, 0.2) is 24.3 Å². The summed E-state index contributed by atoms with van der Waals surface area (Å²) in [4.78, 5) is 3.34. The highest BCUT2D eigenvalue weighted by molar-refractivity contribution is 8.23. The molecular weight excluding hydrogens is 210 g/mol. The highest BCUT2D eigenvalue weighted by Gasteiger charge is 2.10. The van der Waals surface area contributed by atoms with E-state index in [1.807, 2.05) is 18.4 Å². The molecule has 0 aliphatic carbocycles. The molecule has 2 aromatic rings. The zero-order valence-corrected chi connectivity index (χ0v) is 9.76. The van der Waals surface area contributed by atoms with Crippen molar-refractivity contribution in [1.82, 2.24) is 4.98 Å². The third-order valence-electron chi connectivity index (χ3n) is 2.28. The molecule has 0 saturated carbocycles. The molecule has 0 unspecified atom stereocenters. The standard InChI is InChI=1S/C11H11NS2/c1-7-10(11(13)14-2)8-5-3-4-6-9(8)12-7/h3-6,12H,1-2H3. The number of aromatic nitrogens is 1. The number of benzene rings is 1. The SMILES string of the molecule is CSC(=S)c1c(C)[nH]c2ccccc12. The van der Waals surface area contributed by atoms with Gasteiger partial charge in [0.05, 0.1) is 4.20 Å². The number of thioether (sulfide) groups is 1. The van der Waals surface area contributed by atoms with Crippen molar-refractivity contribution >= 4 is 39.1 Å². The third kappa shape index (κ3) is 1.47. The third-order valence-corrected chi connectivity index (χ3v) is 3.56. The first-order valence-corrected chi connectivity index (χ1v) is 6.03. The lowest BCUT2D eigenvalue weighted by atomic mass is 10.1. The van der Waals surface area contributed by atoms with Gasteiger partial charge >= 0.3 is 0 Å². The predicted octanol–water partition coefficient (Wildman–Crippen LogP) is 3.51. The van der Waals surface area contributed by atoms with Crippen LogP contribution in [-0.2, 0) is 0 Å². The van der Waals surface area contributed by atoms with Gasteiger partial charge in [-0.25, -0.2) is 0 Å². The zero-order valence-electron chi connectivity index (χ0n) is 8.13. The van der Waals surface area contributed by atoms with E-state index in [0.717, 1.165) is 15.4 Å². The summed E-state index contributed by atoms with van der Waals surface area (Å²) in [5.74, 6) is 0. The van der Waals surface area contributed by atoms with Crippen LogP contribution in [-0.4, -0.2) is 15.4 Å². The molecule has 0 bridgehead atoms. The number of fused-ring (bicyclic) bond motifs is 1. The van der Waals surface area contributed by atoms with Crippen molar-refractivity contribution in [3.63, 3.8) is 0 Å². The second-order valence-corrected chi connectivity index (χ2v) is 4.65. The van der Waals surface area contributed by atoms with Crippen molar-refractivity contribution in [2.75, 3.05) is 6.26 Å². The lowest BCUT2D eigenvalue weighted by Gasteiger charge is -1.99. The Morgan fingerprint density at radius 2 is 2.07 bits per heavy atom. The number of nitrogens with one attached hydrogen (secondary N) is 1. The molecule has 0 amide bonds. The molecule has 1 N–H and O–H groups in total. The summed E-state index contributed by atoms with van der Waals surface area (Å²) in [6, 6.07) is 8.26. The molecule has 1 aromatic heterocycles. The number of thiocarbonyl (C=S) groups is 1. The topological polar surface area (TPSA) is 15.8 Å². The van der Waals surface area contributed by atoms with Gasteiger partial charge in [0.1, 0.15) is 0 Å². The maximum absolute atomic E-state index is 5.33. The number of aromatic amines is 1. The number of para-hydroxylation sites is 1. The maximum atomic E-state index is 5.33. The Balaban J connectivity index is 2.74. The molecule has 14 heavy (non-hydrogen) atoms. The zero-order chi connectivity index (χ0) is 10.1. The van der Waals surface area contributed by atoms with Gasteiger partial charge in [0.25, 0.3) is 0 Å². The lowest BCUT2D eigenvalue weighted by molar-refractivity contribution is 1.29. The van der Waals surface area contributed by atoms with Gasteiger partial charge in [0.2, 0.25) is 0 Å². The number of rotatable bonds is 1. The summed E-state index contributed by atoms with van der Waals surface area (Å²) >= 11 is 6.96. The van der Waals surface area contributed by atoms with E-state index in [1.54, 1.807) is 11.8 Å². The fraction of sp³-hybridized carbons (Fsp3) is 0.182. The first-order chi connectivity index (χ1) is 6.74. The summed E-state index contributed by atoms with van der Waals surface area (Å²) in [5.41, 5.74) is 3.50. The molecule has 0 aliphatic heterocycles. The van der Waals surface area contributed by atoms with E-state index in [2.05, 4.69) is 24.0 Å². The van der Waals surface area contributed by atoms with Crippen LogP contribution in [0.25, 0.3) is 10.9 Å². The average Bonchev–Trinajstić information content (AvgIpc) is 2.53. The van der Waals surface area contributed by atoms with Crippen LogP contribution in [0.1, 0.15) is 11.3 Å². The van der Waals surface area contributed by atoms with Gasteiger partial charge in [-0.05, 0) is 19.2 Å². The van der Waals surface area contributed by atoms with Crippen molar-refractivity contribution in [3.8, 4) is 0 Å². The minimum Gasteiger partial charge on any atom is -0.358 e. The van der Waals surface area contributed by atoms with Crippen molar-refractivity contribution in [2.24, 2.45) is 0 Å². The second-order valence-electron chi connectivity index (χ2n) is 3.16. The summed E-state index contributed by atoms with van der Waals surface area (Å²) in [6.07, 6.45) is 2.02. The highest BCUT2D eigenvalue weighted by Crippen LogP contribution is 2.25. The van der Waals surface area contributed by atoms with Crippen LogP contribution in [0.4, 0.5) is 0 Å². The Kier molecular flexibility index (Phi) is 2.61. The number of hydrogen-bond donors (Lipinski definition) is 1. The summed E-state index contributed by atoms with van der Waals surface area (Å²) in [6.45, 7) is 2.07. The number of H-pyrrole nitrogens is 1. The first kappa shape index (κ1) is 9.74. The molecule has 2 rings (SSSR count). The molecule has 1 aromatic carbocycles. The van der Waals surface area contributed by atoms with Gasteiger partial charge < -0.3 is 4.98 Å². The highest BCUT2D eigenvalue weighted by atomic mass is 32.2. The van der Waals surface area contributed by atoms with Gasteiger partial charge in [-0.1, -0.05) is 30.4 Å². The largest absolute Gasteiger partial charge is 0.358 e. The number of aryl methyl sites for hydroxylation is 1. The van der Waals surface area contributed by atoms with Gasteiger partial charge in [-0.3, -0.25) is 0 Å². The van der Waals surface area contributed by atoms with Gasteiger partial charge in [-0.15, -0.1) is 11.8 Å². The quantitative estimate of drug-likeness (QED) is 0.742. The van der Waals surface area contributed by atoms with E-state index in [-0.39, 0.29) is 0 Å². The molecule has 0 aliphatic rings. The molecule has 1 heterocycles. The van der Waals surface area contributed by atoms with Crippen LogP contribution in [0.2, 0.25) is 0 Å². The molecule has 0 radical (unpaired) electrons. The average molecular weight is 221 g/mol. The predicted molar refractivity (Wildman–Crippen MR) is 68.3 cm³/mol. The Hall–Kier alpha value is -0.800. The van der Waals surface area contributed by atoms with E-state index < -0.39 is 0 Å². The van der Waals surface area contributed by atoms with Crippen LogP contribution in [0.3, 0.4) is 0 Å². The minimum atomic E-state index is 0.958. The van der Waals surface area contributed by atoms with E-state index in [0.29, 0.717) is 0 Å². The Bertz CT molecular complexity index is 485. The Labute approximate surface area is 92.9 Å². The normalized spacial score (nSPS) is 10.7. The molecular formula is C11H11NS2. The fourth-order valence-corrected chi connectivity index (χ4v) is 2.37. The van der Waals surface area contributed by atoms with Crippen molar-refractivity contribution in [3.05, 3.63) is 35.5 Å². The van der Waals surface area contributed by atoms with Gasteiger partial charge in [0.15, 0.2) is 0 Å². The Morgan fingerprint density at radius 1 is 1.36 bits per heavy atom. The van der Waals surface area contributed by atoms with Crippen LogP contribution < -0.4 is 0 Å². The number of hydrogen-bond acceptors (Lipinski definition) is 2. The Morgan fingerprint density at radius 3 is 2.79 bits per heavy atom. The fourth-order valence-electron chi connectivity index (χ4n) is 1.64. The molecule has 72 valence electrons. The minimum absolute atomic E-state index is 0.958. The van der Waals surface area contributed by atoms with Gasteiger partial charge in [-0.2, -0.15) is 0 Å². The van der Waals surface area contributed by atoms with Crippen LogP contribution >= 0.6 is 24.0 Å². The first-order valence-electron chi connectivity index (χ1n) is 4.39. The van der Waals surface area contributed by atoms with Crippen molar-refractivity contribution in [2.45, 2.75) is 6.92 Å². The van der Waals surface area contributed by atoms with Gasteiger partial charge in [0, 0.05) is 22.2 Å². The smallest absolute Gasteiger partial charge is 0.0799 e. The molecule has 0 fully saturated rings. The summed E-state index contributed by atoms with van der Waals surface area (Å²) in [7, 11) is 0. The molecule has 3 heteroatoms. The van der Waals surface area contributed by atoms with E-state index >= 15 is 0 Å². The molecule has 1 nitrogen and oxygen atoms in total. The van der Waals surface area contributed by atoms with E-state index in [1.165, 1.54) is 10.9 Å². The van der Waals surface area contributed by atoms with E-state index in [4.69, 9.17) is 12.2 Å². The van der Waals surface area contributed by atoms with Crippen LogP contribution in [0.5, 0.6) is 0 Å². The molecule has 0 atom stereocenters. The van der Waals surface area contributed by atoms with Crippen molar-refractivity contribution in [1.29, 1.82) is 0 Å². The summed E-state index contributed by atoms with van der Waals surface area (Å²) in [5, 5.41) is 1.23. The van der Waals surface area contributed by atoms with Crippen LogP contribution in [0, 0.1) is 6.92 Å². The monoisotopic (exact) mass is 221 g/mol. The summed E-state index contributed by atoms with van der Waals surface area (Å²) < 4.78 is 0.958. The second kappa shape index (κ2) is 3.75. The lowest BCUT2D eigenvalue weighted by Crippen LogP contribution is -1.91. The maximum Gasteiger partial charge on any atom is 0.0799 e. The molecule has 0 spiro atoms.